The number of hydrogen-bond acceptors (Lipinski definition) is 3. The molecule has 0 saturated heterocycles. The van der Waals surface area contributed by atoms with Crippen molar-refractivity contribution in [2.75, 3.05) is 5.73 Å². The average Bonchev–Trinajstić information content (AvgIpc) is 2.30. The van der Waals surface area contributed by atoms with Gasteiger partial charge in [0.15, 0.2) is 0 Å². The molecule has 20 heavy (non-hydrogen) atoms. The third kappa shape index (κ3) is 4.22. The van der Waals surface area contributed by atoms with E-state index in [0.29, 0.717) is 0 Å². The Morgan fingerprint density at radius 3 is 2.45 bits per heavy atom. The third-order valence-corrected chi connectivity index (χ3v) is 2.54. The molecule has 110 valence electrons. The van der Waals surface area contributed by atoms with Crippen molar-refractivity contribution in [2.45, 2.75) is 39.3 Å². The zero-order valence-corrected chi connectivity index (χ0v) is 12.1. The van der Waals surface area contributed by atoms with Crippen LogP contribution in [0.1, 0.15) is 38.1 Å². The van der Waals surface area contributed by atoms with Gasteiger partial charge in [0.2, 0.25) is 5.91 Å². The van der Waals surface area contributed by atoms with Crippen LogP contribution in [0.2, 0.25) is 0 Å². The summed E-state index contributed by atoms with van der Waals surface area (Å²) in [6.07, 6.45) is 0. The van der Waals surface area contributed by atoms with Crippen molar-refractivity contribution < 1.29 is 14.0 Å². The summed E-state index contributed by atoms with van der Waals surface area (Å²) in [6, 6.07) is 3.22. The van der Waals surface area contributed by atoms with E-state index < -0.39 is 23.3 Å². The van der Waals surface area contributed by atoms with Crippen LogP contribution >= 0.6 is 0 Å². The lowest BCUT2D eigenvalue weighted by Crippen LogP contribution is -2.50. The molecule has 1 atom stereocenters. The van der Waals surface area contributed by atoms with Gasteiger partial charge in [-0.25, -0.2) is 4.39 Å². The van der Waals surface area contributed by atoms with Gasteiger partial charge >= 0.3 is 0 Å². The molecule has 1 rings (SSSR count). The van der Waals surface area contributed by atoms with E-state index in [-0.39, 0.29) is 17.2 Å². The first-order chi connectivity index (χ1) is 9.11. The van der Waals surface area contributed by atoms with E-state index in [9.17, 15) is 14.0 Å². The van der Waals surface area contributed by atoms with Crippen molar-refractivity contribution >= 4 is 17.5 Å². The molecule has 4 N–H and O–H groups in total. The summed E-state index contributed by atoms with van der Waals surface area (Å²) < 4.78 is 13.3. The topological polar surface area (TPSA) is 84.2 Å². The first-order valence-electron chi connectivity index (χ1n) is 6.28. The fraction of sp³-hybridized carbons (Fsp3) is 0.429. The van der Waals surface area contributed by atoms with Crippen molar-refractivity contribution in [1.82, 2.24) is 10.6 Å². The highest BCUT2D eigenvalue weighted by Crippen LogP contribution is 2.15. The van der Waals surface area contributed by atoms with Gasteiger partial charge in [0.25, 0.3) is 5.91 Å². The standard InChI is InChI=1S/C14H20FN3O2/c1-8(12(19)18-14(2,3)4)17-13(20)9-6-5-7-10(15)11(9)16/h5-8H,16H2,1-4H3,(H,17,20)(H,18,19). The summed E-state index contributed by atoms with van der Waals surface area (Å²) in [6.45, 7) is 7.06. The Morgan fingerprint density at radius 1 is 1.30 bits per heavy atom. The van der Waals surface area contributed by atoms with Crippen LogP contribution in [-0.4, -0.2) is 23.4 Å². The number of rotatable bonds is 3. The van der Waals surface area contributed by atoms with E-state index in [1.165, 1.54) is 18.2 Å². The summed E-state index contributed by atoms with van der Waals surface area (Å²) in [5.41, 5.74) is 4.89. The summed E-state index contributed by atoms with van der Waals surface area (Å²) in [7, 11) is 0. The molecule has 0 spiro atoms. The summed E-state index contributed by atoms with van der Waals surface area (Å²) in [4.78, 5) is 23.8. The van der Waals surface area contributed by atoms with E-state index in [2.05, 4.69) is 10.6 Å². The van der Waals surface area contributed by atoms with Gasteiger partial charge in [-0.05, 0) is 39.8 Å². The minimum absolute atomic E-state index is 0.0143. The van der Waals surface area contributed by atoms with Gasteiger partial charge in [-0.3, -0.25) is 9.59 Å². The molecule has 1 aromatic carbocycles. The van der Waals surface area contributed by atoms with E-state index in [1.54, 1.807) is 6.92 Å². The lowest BCUT2D eigenvalue weighted by Gasteiger charge is -2.23. The molecule has 0 aliphatic heterocycles. The molecule has 2 amide bonds. The molecule has 5 nitrogen and oxygen atoms in total. The number of hydrogen-bond donors (Lipinski definition) is 3. The molecule has 0 aliphatic rings. The number of amides is 2. The van der Waals surface area contributed by atoms with Gasteiger partial charge < -0.3 is 16.4 Å². The van der Waals surface area contributed by atoms with Crippen molar-refractivity contribution in [3.05, 3.63) is 29.6 Å². The highest BCUT2D eigenvalue weighted by molar-refractivity contribution is 6.01. The number of benzene rings is 1. The van der Waals surface area contributed by atoms with Crippen molar-refractivity contribution in [3.8, 4) is 0 Å². The Balaban J connectivity index is 2.76. The minimum Gasteiger partial charge on any atom is -0.396 e. The van der Waals surface area contributed by atoms with E-state index in [0.717, 1.165) is 0 Å². The summed E-state index contributed by atoms with van der Waals surface area (Å²) in [5, 5.41) is 5.23. The monoisotopic (exact) mass is 281 g/mol. The number of nitrogens with one attached hydrogen (secondary N) is 2. The fourth-order valence-corrected chi connectivity index (χ4v) is 1.55. The lowest BCUT2D eigenvalue weighted by molar-refractivity contribution is -0.124. The van der Waals surface area contributed by atoms with Crippen LogP contribution in [0.5, 0.6) is 0 Å². The van der Waals surface area contributed by atoms with Crippen LogP contribution in [-0.2, 0) is 4.79 Å². The van der Waals surface area contributed by atoms with Gasteiger partial charge in [0.05, 0.1) is 11.3 Å². The zero-order chi connectivity index (χ0) is 15.5. The summed E-state index contributed by atoms with van der Waals surface area (Å²) in [5.74, 6) is -1.57. The molecular formula is C14H20FN3O2. The Bertz CT molecular complexity index is 524. The molecule has 1 aromatic rings. The molecule has 0 aliphatic carbocycles. The number of carbonyl (C=O) groups excluding carboxylic acids is 2. The van der Waals surface area contributed by atoms with Crippen LogP contribution in [0.4, 0.5) is 10.1 Å². The predicted octanol–water partition coefficient (Wildman–Crippen LogP) is 1.44. The Kier molecular flexibility index (Phi) is 4.70. The lowest BCUT2D eigenvalue weighted by atomic mass is 10.1. The Labute approximate surface area is 117 Å². The maximum absolute atomic E-state index is 13.3. The second-order valence-electron chi connectivity index (χ2n) is 5.64. The zero-order valence-electron chi connectivity index (χ0n) is 12.1. The number of nitrogen functional groups attached to an aromatic ring is 1. The van der Waals surface area contributed by atoms with Crippen LogP contribution in [0, 0.1) is 5.82 Å². The first-order valence-corrected chi connectivity index (χ1v) is 6.28. The van der Waals surface area contributed by atoms with E-state index in [1.807, 2.05) is 20.8 Å². The van der Waals surface area contributed by atoms with Gasteiger partial charge in [-0.15, -0.1) is 0 Å². The maximum atomic E-state index is 13.3. The molecule has 1 unspecified atom stereocenters. The largest absolute Gasteiger partial charge is 0.396 e. The highest BCUT2D eigenvalue weighted by Gasteiger charge is 2.22. The molecule has 0 fully saturated rings. The van der Waals surface area contributed by atoms with Gasteiger partial charge in [-0.1, -0.05) is 6.07 Å². The van der Waals surface area contributed by atoms with Crippen LogP contribution in [0.15, 0.2) is 18.2 Å². The SMILES string of the molecule is CC(NC(=O)c1cccc(F)c1N)C(=O)NC(C)(C)C. The van der Waals surface area contributed by atoms with Crippen molar-refractivity contribution in [1.29, 1.82) is 0 Å². The second kappa shape index (κ2) is 5.90. The number of nitrogens with two attached hydrogens (primary N) is 1. The Hall–Kier alpha value is -2.11. The molecule has 0 saturated carbocycles. The second-order valence-corrected chi connectivity index (χ2v) is 5.64. The number of carbonyl (C=O) groups is 2. The third-order valence-electron chi connectivity index (χ3n) is 2.54. The van der Waals surface area contributed by atoms with Crippen molar-refractivity contribution in [2.24, 2.45) is 0 Å². The smallest absolute Gasteiger partial charge is 0.254 e. The molecule has 0 radical (unpaired) electrons. The van der Waals surface area contributed by atoms with E-state index in [4.69, 9.17) is 5.73 Å². The quantitative estimate of drug-likeness (QED) is 0.733. The number of para-hydroxylation sites is 1. The molecule has 6 heteroatoms. The molecule has 0 aromatic heterocycles. The molecule has 0 bridgehead atoms. The molecular weight excluding hydrogens is 261 g/mol. The normalized spacial score (nSPS) is 12.7. The first kappa shape index (κ1) is 15.9. The van der Waals surface area contributed by atoms with Crippen LogP contribution in [0.3, 0.4) is 0 Å². The maximum Gasteiger partial charge on any atom is 0.254 e. The number of anilines is 1. The average molecular weight is 281 g/mol. The van der Waals surface area contributed by atoms with Gasteiger partial charge in [-0.2, -0.15) is 0 Å². The van der Waals surface area contributed by atoms with Crippen LogP contribution in [0.25, 0.3) is 0 Å². The minimum atomic E-state index is -0.746. The van der Waals surface area contributed by atoms with Gasteiger partial charge in [0.1, 0.15) is 11.9 Å². The molecule has 0 heterocycles. The van der Waals surface area contributed by atoms with Gasteiger partial charge in [0, 0.05) is 5.54 Å². The summed E-state index contributed by atoms with van der Waals surface area (Å²) >= 11 is 0. The Morgan fingerprint density at radius 2 is 1.90 bits per heavy atom. The van der Waals surface area contributed by atoms with E-state index >= 15 is 0 Å². The predicted molar refractivity (Wildman–Crippen MR) is 75.6 cm³/mol. The van der Waals surface area contributed by atoms with Crippen LogP contribution < -0.4 is 16.4 Å². The fourth-order valence-electron chi connectivity index (χ4n) is 1.55. The highest BCUT2D eigenvalue weighted by atomic mass is 19.1. The van der Waals surface area contributed by atoms with Crippen molar-refractivity contribution in [3.63, 3.8) is 0 Å². The number of halogens is 1.